The number of fused-ring (bicyclic) bond motifs is 1. The Morgan fingerprint density at radius 2 is 2.27 bits per heavy atom. The molecule has 0 spiro atoms. The predicted octanol–water partition coefficient (Wildman–Crippen LogP) is -1.03. The minimum Gasteiger partial charge on any atom is -0.477 e. The van der Waals surface area contributed by atoms with Crippen LogP contribution in [0.3, 0.4) is 0 Å². The maximum atomic E-state index is 12.0. The number of amides is 1. The van der Waals surface area contributed by atoms with Crippen molar-refractivity contribution >= 4 is 22.7 Å². The molecule has 4 atom stereocenters. The first-order chi connectivity index (χ1) is 10.4. The fourth-order valence-corrected chi connectivity index (χ4v) is 4.29. The van der Waals surface area contributed by atoms with Crippen molar-refractivity contribution in [1.82, 2.24) is 4.90 Å². The molecular formula is C13H20N2O6S. The van der Waals surface area contributed by atoms with Gasteiger partial charge in [0.25, 0.3) is 0 Å². The topological polar surface area (TPSA) is 130 Å². The van der Waals surface area contributed by atoms with Crippen LogP contribution in [0, 0.1) is 5.92 Å². The second kappa shape index (κ2) is 6.86. The molecule has 1 amide bonds. The van der Waals surface area contributed by atoms with Gasteiger partial charge >= 0.3 is 5.97 Å². The first-order valence-electron chi connectivity index (χ1n) is 7.01. The second-order valence-corrected chi connectivity index (χ2v) is 7.09. The highest BCUT2D eigenvalue weighted by Crippen LogP contribution is 2.43. The first-order valence-corrected chi connectivity index (χ1v) is 8.50. The van der Waals surface area contributed by atoms with E-state index in [-0.39, 0.29) is 30.0 Å². The lowest BCUT2D eigenvalue weighted by atomic mass is 9.83. The number of aliphatic hydroxyl groups is 1. The standard InChI is InChI=1S/C13H20N2O6S/c1-7(16)10-9-5-8(6-22(20)4-2-3-21-14)11(13(18)19)15(9)12(10)17/h7,9-10,16H,2-6,14H2,1H3,(H,18,19). The maximum absolute atomic E-state index is 12.0. The summed E-state index contributed by atoms with van der Waals surface area (Å²) in [6.07, 6.45) is 0.0406. The second-order valence-electron chi connectivity index (χ2n) is 5.52. The van der Waals surface area contributed by atoms with Crippen molar-refractivity contribution in [3.63, 3.8) is 0 Å². The van der Waals surface area contributed by atoms with Gasteiger partial charge in [0.15, 0.2) is 0 Å². The summed E-state index contributed by atoms with van der Waals surface area (Å²) in [5.74, 6) is 3.20. The molecule has 2 heterocycles. The summed E-state index contributed by atoms with van der Waals surface area (Å²) in [7, 11) is -1.24. The van der Waals surface area contributed by atoms with E-state index in [0.29, 0.717) is 24.2 Å². The van der Waals surface area contributed by atoms with Crippen LogP contribution >= 0.6 is 0 Å². The van der Waals surface area contributed by atoms with E-state index in [9.17, 15) is 24.0 Å². The van der Waals surface area contributed by atoms with Gasteiger partial charge in [-0.3, -0.25) is 9.00 Å². The number of nitrogens with zero attached hydrogens (tertiary/aromatic N) is 1. The summed E-state index contributed by atoms with van der Waals surface area (Å²) in [5, 5.41) is 19.0. The van der Waals surface area contributed by atoms with Gasteiger partial charge in [0, 0.05) is 22.3 Å². The van der Waals surface area contributed by atoms with Gasteiger partial charge in [0.2, 0.25) is 5.91 Å². The summed E-state index contributed by atoms with van der Waals surface area (Å²) in [6.45, 7) is 1.80. The van der Waals surface area contributed by atoms with Crippen molar-refractivity contribution in [2.75, 3.05) is 18.1 Å². The summed E-state index contributed by atoms with van der Waals surface area (Å²) in [5.41, 5.74) is 0.427. The van der Waals surface area contributed by atoms with Gasteiger partial charge in [0.05, 0.1) is 24.7 Å². The summed E-state index contributed by atoms with van der Waals surface area (Å²) < 4.78 is 12.0. The van der Waals surface area contributed by atoms with Crippen molar-refractivity contribution in [1.29, 1.82) is 0 Å². The van der Waals surface area contributed by atoms with Crippen LogP contribution in [0.4, 0.5) is 0 Å². The summed E-state index contributed by atoms with van der Waals surface area (Å²) >= 11 is 0. The Hall–Kier alpha value is -1.29. The van der Waals surface area contributed by atoms with Gasteiger partial charge in [-0.25, -0.2) is 10.7 Å². The van der Waals surface area contributed by atoms with Crippen LogP contribution in [-0.4, -0.2) is 61.5 Å². The number of hydrogen-bond donors (Lipinski definition) is 3. The van der Waals surface area contributed by atoms with Crippen molar-refractivity contribution in [3.8, 4) is 0 Å². The number of aliphatic carboxylic acids is 1. The van der Waals surface area contributed by atoms with Crippen LogP contribution in [0.25, 0.3) is 0 Å². The number of carboxylic acids is 1. The third kappa shape index (κ3) is 3.07. The van der Waals surface area contributed by atoms with E-state index >= 15 is 0 Å². The van der Waals surface area contributed by atoms with Crippen molar-refractivity contribution < 1.29 is 28.8 Å². The number of rotatable bonds is 8. The fraction of sp³-hybridized carbons (Fsp3) is 0.692. The molecule has 9 heteroatoms. The smallest absolute Gasteiger partial charge is 0.352 e. The van der Waals surface area contributed by atoms with E-state index in [0.717, 1.165) is 0 Å². The van der Waals surface area contributed by atoms with Crippen molar-refractivity contribution in [3.05, 3.63) is 11.3 Å². The number of aliphatic hydroxyl groups excluding tert-OH is 1. The zero-order chi connectivity index (χ0) is 16.4. The molecule has 0 aromatic heterocycles. The molecule has 22 heavy (non-hydrogen) atoms. The molecule has 0 aromatic carbocycles. The average Bonchev–Trinajstić information content (AvgIpc) is 2.73. The average molecular weight is 332 g/mol. The molecule has 8 nitrogen and oxygen atoms in total. The highest BCUT2D eigenvalue weighted by atomic mass is 32.2. The third-order valence-corrected chi connectivity index (χ3v) is 5.41. The number of carbonyl (C=O) groups is 2. The molecule has 2 aliphatic heterocycles. The number of nitrogens with two attached hydrogens (primary N) is 1. The Kier molecular flexibility index (Phi) is 5.32. The highest BCUT2D eigenvalue weighted by Gasteiger charge is 2.56. The number of β-lactam (4-membered cyclic amide) rings is 1. The maximum Gasteiger partial charge on any atom is 0.352 e. The van der Waals surface area contributed by atoms with Gasteiger partial charge in [-0.05, 0) is 25.3 Å². The van der Waals surface area contributed by atoms with Gasteiger partial charge < -0.3 is 20.0 Å². The summed E-state index contributed by atoms with van der Waals surface area (Å²) in [4.78, 5) is 29.0. The highest BCUT2D eigenvalue weighted by molar-refractivity contribution is 7.85. The minimum absolute atomic E-state index is 0.0738. The van der Waals surface area contributed by atoms with E-state index in [1.165, 1.54) is 11.8 Å². The molecular weight excluding hydrogens is 312 g/mol. The van der Waals surface area contributed by atoms with E-state index in [1.54, 1.807) is 0 Å². The number of carboxylic acid groups (broad SMARTS) is 1. The molecule has 2 aliphatic rings. The molecule has 0 bridgehead atoms. The van der Waals surface area contributed by atoms with E-state index in [2.05, 4.69) is 4.84 Å². The van der Waals surface area contributed by atoms with Crippen LogP contribution in [0.2, 0.25) is 0 Å². The predicted molar refractivity (Wildman–Crippen MR) is 77.7 cm³/mol. The van der Waals surface area contributed by atoms with Gasteiger partial charge in [-0.2, -0.15) is 0 Å². The van der Waals surface area contributed by atoms with Crippen LogP contribution in [0.15, 0.2) is 11.3 Å². The Bertz CT molecular complexity index is 533. The van der Waals surface area contributed by atoms with Crippen molar-refractivity contribution in [2.24, 2.45) is 11.8 Å². The molecule has 0 aliphatic carbocycles. The van der Waals surface area contributed by atoms with E-state index < -0.39 is 28.8 Å². The van der Waals surface area contributed by atoms with E-state index in [1.807, 2.05) is 0 Å². The molecule has 4 N–H and O–H groups in total. The zero-order valence-electron chi connectivity index (χ0n) is 12.2. The lowest BCUT2D eigenvalue weighted by Crippen LogP contribution is -2.61. The SMILES string of the molecule is CC(O)C1C(=O)N2C(C(=O)O)=C(CS(=O)CCCON)CC12. The lowest BCUT2D eigenvalue weighted by molar-refractivity contribution is -0.161. The molecule has 1 fully saturated rings. The molecule has 0 aromatic rings. The molecule has 1 saturated heterocycles. The summed E-state index contributed by atoms with van der Waals surface area (Å²) in [6, 6.07) is -0.335. The van der Waals surface area contributed by atoms with Crippen LogP contribution in [-0.2, 0) is 25.2 Å². The molecule has 0 radical (unpaired) electrons. The van der Waals surface area contributed by atoms with Crippen LogP contribution in [0.5, 0.6) is 0 Å². The monoisotopic (exact) mass is 332 g/mol. The van der Waals surface area contributed by atoms with Gasteiger partial charge in [-0.1, -0.05) is 0 Å². The van der Waals surface area contributed by atoms with Crippen molar-refractivity contribution in [2.45, 2.75) is 31.9 Å². The fourth-order valence-electron chi connectivity index (χ4n) is 3.06. The van der Waals surface area contributed by atoms with Gasteiger partial charge in [-0.15, -0.1) is 0 Å². The Morgan fingerprint density at radius 3 is 2.82 bits per heavy atom. The van der Waals surface area contributed by atoms with Crippen LogP contribution < -0.4 is 5.90 Å². The molecule has 124 valence electrons. The van der Waals surface area contributed by atoms with Gasteiger partial charge in [0.1, 0.15) is 5.70 Å². The molecule has 2 rings (SSSR count). The van der Waals surface area contributed by atoms with E-state index in [4.69, 9.17) is 5.90 Å². The molecule has 0 saturated carbocycles. The Labute approximate surface area is 130 Å². The lowest BCUT2D eigenvalue weighted by Gasteiger charge is -2.44. The third-order valence-electron chi connectivity index (χ3n) is 3.99. The number of hydrogen-bond acceptors (Lipinski definition) is 6. The molecule has 4 unspecified atom stereocenters. The zero-order valence-corrected chi connectivity index (χ0v) is 13.0. The minimum atomic E-state index is -1.24. The normalized spacial score (nSPS) is 26.7. The largest absolute Gasteiger partial charge is 0.477 e. The first kappa shape index (κ1) is 17.1. The Morgan fingerprint density at radius 1 is 1.59 bits per heavy atom. The Balaban J connectivity index is 2.08. The quantitative estimate of drug-likeness (QED) is 0.294. The van der Waals surface area contributed by atoms with Crippen LogP contribution in [0.1, 0.15) is 19.8 Å². The number of carbonyl (C=O) groups excluding carboxylic acids is 1.